The number of hydrogen-bond acceptors (Lipinski definition) is 5. The van der Waals surface area contributed by atoms with Crippen molar-refractivity contribution >= 4 is 91.0 Å². The number of phenols is 1. The first-order chi connectivity index (χ1) is 18.0. The number of carbonyl (C=O) groups is 4. The molecule has 6 rings (SSSR count). The number of benzene rings is 2. The molecule has 3 fully saturated rings. The quantitative estimate of drug-likeness (QED) is 0.159. The van der Waals surface area contributed by atoms with Gasteiger partial charge in [0.05, 0.1) is 23.0 Å². The molecule has 38 heavy (non-hydrogen) atoms. The Labute approximate surface area is 250 Å². The molecule has 2 aromatic rings. The molecule has 0 bridgehead atoms. The van der Waals surface area contributed by atoms with Crippen LogP contribution in [0.15, 0.2) is 60.2 Å². The van der Waals surface area contributed by atoms with E-state index in [-0.39, 0.29) is 35.9 Å². The summed E-state index contributed by atoms with van der Waals surface area (Å²) in [5, 5.41) is 10.3. The summed E-state index contributed by atoms with van der Waals surface area (Å²) < 4.78 is 0.969. The lowest BCUT2D eigenvalue weighted by Gasteiger charge is -2.50. The third-order valence-electron chi connectivity index (χ3n) is 8.30. The number of anilines is 1. The summed E-state index contributed by atoms with van der Waals surface area (Å²) in [6.07, 6.45) is 2.08. The predicted molar refractivity (Wildman–Crippen MR) is 153 cm³/mol. The summed E-state index contributed by atoms with van der Waals surface area (Å²) in [7, 11) is 0. The molecule has 0 spiro atoms. The zero-order valence-electron chi connectivity index (χ0n) is 19.6. The highest BCUT2D eigenvalue weighted by molar-refractivity contribution is 14.1. The fraction of sp³-hybridized carbons (Fsp3) is 0.333. The minimum Gasteiger partial charge on any atom is -0.508 e. The van der Waals surface area contributed by atoms with Crippen LogP contribution in [0.25, 0.3) is 0 Å². The fourth-order valence-electron chi connectivity index (χ4n) is 6.68. The lowest BCUT2D eigenvalue weighted by atomic mass is 9.56. The molecule has 4 amide bonds. The molecular weight excluding hydrogens is 710 g/mol. The van der Waals surface area contributed by atoms with Crippen molar-refractivity contribution in [2.24, 2.45) is 17.8 Å². The van der Waals surface area contributed by atoms with Crippen molar-refractivity contribution in [2.45, 2.75) is 28.5 Å². The van der Waals surface area contributed by atoms with E-state index in [2.05, 4.69) is 38.5 Å². The van der Waals surface area contributed by atoms with E-state index in [9.17, 15) is 24.3 Å². The molecule has 2 aromatic carbocycles. The van der Waals surface area contributed by atoms with Crippen molar-refractivity contribution in [3.8, 4) is 5.75 Å². The number of halogens is 4. The number of aromatic hydroxyl groups is 1. The van der Waals surface area contributed by atoms with Gasteiger partial charge in [0, 0.05) is 9.49 Å². The summed E-state index contributed by atoms with van der Waals surface area (Å²) in [4.78, 5) is 53.2. The number of hydrogen-bond donors (Lipinski definition) is 1. The van der Waals surface area contributed by atoms with Crippen LogP contribution in [0.5, 0.6) is 5.75 Å². The topological polar surface area (TPSA) is 95.0 Å². The molecule has 2 aliphatic heterocycles. The number of nitrogens with zero attached hydrogens (tertiary/aromatic N) is 2. The molecule has 2 heterocycles. The van der Waals surface area contributed by atoms with Gasteiger partial charge in [-0.05, 0) is 83.3 Å². The Morgan fingerprint density at radius 2 is 1.71 bits per heavy atom. The third-order valence-corrected chi connectivity index (χ3v) is 10.9. The maximum Gasteiger partial charge on any atom is 0.254 e. The Morgan fingerprint density at radius 1 is 1.00 bits per heavy atom. The molecule has 1 saturated carbocycles. The number of imide groups is 2. The Morgan fingerprint density at radius 3 is 2.37 bits per heavy atom. The van der Waals surface area contributed by atoms with Crippen LogP contribution < -0.4 is 4.90 Å². The summed E-state index contributed by atoms with van der Waals surface area (Å²) in [5.74, 6) is -4.87. The number of phenolic OH excluding ortho intramolecular Hbond substituents is 1. The Balaban J connectivity index is 1.51. The van der Waals surface area contributed by atoms with E-state index in [1.54, 1.807) is 24.3 Å². The number of likely N-dealkylation sites (tertiary alicyclic amines) is 1. The molecule has 0 aromatic heterocycles. The van der Waals surface area contributed by atoms with Gasteiger partial charge in [-0.3, -0.25) is 29.0 Å². The van der Waals surface area contributed by atoms with Gasteiger partial charge in [0.1, 0.15) is 5.75 Å². The second-order valence-electron chi connectivity index (χ2n) is 10.1. The van der Waals surface area contributed by atoms with Gasteiger partial charge in [-0.2, -0.15) is 0 Å². The first-order valence-corrected chi connectivity index (χ1v) is 14.9. The molecule has 2 aliphatic carbocycles. The van der Waals surface area contributed by atoms with Crippen LogP contribution in [0.4, 0.5) is 5.69 Å². The minimum atomic E-state index is -1.89. The largest absolute Gasteiger partial charge is 0.508 e. The second kappa shape index (κ2) is 9.04. The Hall–Kier alpha value is -1.95. The van der Waals surface area contributed by atoms with Crippen molar-refractivity contribution in [1.29, 1.82) is 0 Å². The standard InChI is InChI=1S/C27H20BrCl2IN2O5/c28-12-32-24(37)26(29)11-19-17(21(27(26,30)25(32)38)13-2-1-3-16(34)10-13)8-9-18-20(19)23(36)33(22(18)35)15-6-4-14(31)5-7-15/h1-8,10,18-21,34H,9,11-12H2/t18-,19+,20-,21-,26+,27-/m0/s1. The predicted octanol–water partition coefficient (Wildman–Crippen LogP) is 4.91. The number of carbonyl (C=O) groups excluding carboxylic acids is 4. The molecule has 4 aliphatic rings. The van der Waals surface area contributed by atoms with Gasteiger partial charge in [0.2, 0.25) is 11.8 Å². The smallest absolute Gasteiger partial charge is 0.254 e. The van der Waals surface area contributed by atoms with E-state index in [1.807, 2.05) is 18.2 Å². The van der Waals surface area contributed by atoms with E-state index in [4.69, 9.17) is 23.2 Å². The van der Waals surface area contributed by atoms with E-state index in [0.29, 0.717) is 16.8 Å². The van der Waals surface area contributed by atoms with E-state index < -0.39 is 45.2 Å². The average molecular weight is 730 g/mol. The fourth-order valence-corrected chi connectivity index (χ4v) is 8.46. The molecule has 2 saturated heterocycles. The lowest BCUT2D eigenvalue weighted by molar-refractivity contribution is -0.138. The third kappa shape index (κ3) is 3.37. The van der Waals surface area contributed by atoms with Crippen LogP contribution in [-0.2, 0) is 19.2 Å². The molecule has 1 N–H and O–H groups in total. The van der Waals surface area contributed by atoms with Crippen LogP contribution >= 0.6 is 61.7 Å². The highest BCUT2D eigenvalue weighted by atomic mass is 127. The van der Waals surface area contributed by atoms with Crippen molar-refractivity contribution in [3.05, 3.63) is 69.3 Å². The molecular formula is C27H20BrCl2IN2O5. The Bertz CT molecular complexity index is 1450. The van der Waals surface area contributed by atoms with Crippen LogP contribution in [-0.4, -0.2) is 48.8 Å². The lowest BCUT2D eigenvalue weighted by Crippen LogP contribution is -2.60. The number of alkyl halides is 3. The van der Waals surface area contributed by atoms with E-state index in [1.165, 1.54) is 17.0 Å². The first-order valence-electron chi connectivity index (χ1n) is 12.0. The molecule has 6 atom stereocenters. The molecule has 0 radical (unpaired) electrons. The summed E-state index contributed by atoms with van der Waals surface area (Å²) in [6.45, 7) is 0. The zero-order chi connectivity index (χ0) is 27.1. The highest BCUT2D eigenvalue weighted by Gasteiger charge is 2.76. The van der Waals surface area contributed by atoms with Gasteiger partial charge in [-0.25, -0.2) is 0 Å². The molecule has 11 heteroatoms. The number of allylic oxidation sites excluding steroid dienone is 2. The van der Waals surface area contributed by atoms with Crippen molar-refractivity contribution in [3.63, 3.8) is 0 Å². The molecule has 7 nitrogen and oxygen atoms in total. The minimum absolute atomic E-state index is 0.0366. The van der Waals surface area contributed by atoms with Gasteiger partial charge < -0.3 is 5.11 Å². The zero-order valence-corrected chi connectivity index (χ0v) is 24.9. The van der Waals surface area contributed by atoms with Crippen molar-refractivity contribution in [1.82, 2.24) is 4.90 Å². The average Bonchev–Trinajstić information content (AvgIpc) is 3.22. The van der Waals surface area contributed by atoms with Crippen LogP contribution in [0, 0.1) is 21.3 Å². The van der Waals surface area contributed by atoms with Gasteiger partial charge in [0.25, 0.3) is 11.8 Å². The van der Waals surface area contributed by atoms with Crippen LogP contribution in [0.3, 0.4) is 0 Å². The first kappa shape index (κ1) is 26.3. The monoisotopic (exact) mass is 728 g/mol. The van der Waals surface area contributed by atoms with Gasteiger partial charge in [-0.15, -0.1) is 23.2 Å². The van der Waals surface area contributed by atoms with Crippen molar-refractivity contribution in [2.75, 3.05) is 10.4 Å². The Kier molecular flexibility index (Phi) is 6.25. The van der Waals surface area contributed by atoms with Crippen molar-refractivity contribution < 1.29 is 24.3 Å². The summed E-state index contributed by atoms with van der Waals surface area (Å²) in [5.41, 5.74) is 1.59. The maximum atomic E-state index is 13.9. The molecule has 0 unspecified atom stereocenters. The van der Waals surface area contributed by atoms with E-state index in [0.717, 1.165) is 8.47 Å². The van der Waals surface area contributed by atoms with Gasteiger partial charge in [-0.1, -0.05) is 39.7 Å². The second-order valence-corrected chi connectivity index (χ2v) is 13.1. The number of fused-ring (bicyclic) bond motifs is 4. The van der Waals surface area contributed by atoms with Gasteiger partial charge in [0.15, 0.2) is 9.75 Å². The number of amides is 4. The van der Waals surface area contributed by atoms with Gasteiger partial charge >= 0.3 is 0 Å². The van der Waals surface area contributed by atoms with Crippen LogP contribution in [0.1, 0.15) is 24.3 Å². The normalized spacial score (nSPS) is 34.3. The summed E-state index contributed by atoms with van der Waals surface area (Å²) in [6, 6.07) is 13.5. The summed E-state index contributed by atoms with van der Waals surface area (Å²) >= 11 is 19.7. The molecule has 196 valence electrons. The highest BCUT2D eigenvalue weighted by Crippen LogP contribution is 2.65. The maximum absolute atomic E-state index is 13.9. The SMILES string of the molecule is O=C1[C@H]2[C@H](CC=C3[C@H]2C[C@@]2(Cl)C(=O)N(CBr)C(=O)[C@@]2(Cl)[C@H]3c2cccc(O)c2)C(=O)N1c1ccc(I)cc1. The van der Waals surface area contributed by atoms with E-state index >= 15 is 0 Å². The number of rotatable bonds is 3. The van der Waals surface area contributed by atoms with Crippen LogP contribution in [0.2, 0.25) is 0 Å².